The average Bonchev–Trinajstić information content (AvgIpc) is 3.20. The predicted molar refractivity (Wildman–Crippen MR) is 129 cm³/mol. The highest BCUT2D eigenvalue weighted by atomic mass is 16.6. The second kappa shape index (κ2) is 9.62. The van der Waals surface area contributed by atoms with Gasteiger partial charge in [0.05, 0.1) is 12.0 Å². The minimum Gasteiger partial charge on any atom is -0.443 e. The molecule has 0 spiro atoms. The van der Waals surface area contributed by atoms with Crippen molar-refractivity contribution in [1.82, 2.24) is 20.2 Å². The molecule has 0 atom stereocenters. The molecule has 180 valence electrons. The van der Waals surface area contributed by atoms with E-state index in [1.165, 1.54) is 4.90 Å². The lowest BCUT2D eigenvalue weighted by Gasteiger charge is -2.24. The number of nitrogens with zero attached hydrogens (tertiary/aromatic N) is 5. The quantitative estimate of drug-likeness (QED) is 0.397. The van der Waals surface area contributed by atoms with Gasteiger partial charge in [-0.1, -0.05) is 12.1 Å². The van der Waals surface area contributed by atoms with Crippen LogP contribution in [0.25, 0.3) is 11.4 Å². The second-order valence-electron chi connectivity index (χ2n) is 10.0. The van der Waals surface area contributed by atoms with Gasteiger partial charge in [-0.3, -0.25) is 9.69 Å². The smallest absolute Gasteiger partial charge is 0.414 e. The van der Waals surface area contributed by atoms with E-state index in [1.807, 2.05) is 57.2 Å². The third-order valence-corrected chi connectivity index (χ3v) is 4.79. The zero-order valence-corrected chi connectivity index (χ0v) is 20.7. The highest BCUT2D eigenvalue weighted by molar-refractivity contribution is 5.87. The van der Waals surface area contributed by atoms with Gasteiger partial charge in [-0.2, -0.15) is 0 Å². The molecule has 2 aromatic carbocycles. The fourth-order valence-electron chi connectivity index (χ4n) is 2.88. The number of tetrazole rings is 1. The molecule has 0 saturated carbocycles. The molecule has 0 saturated heterocycles. The van der Waals surface area contributed by atoms with Crippen molar-refractivity contribution in [2.24, 2.45) is 5.41 Å². The van der Waals surface area contributed by atoms with Crippen LogP contribution in [0.3, 0.4) is 0 Å². The summed E-state index contributed by atoms with van der Waals surface area (Å²) in [4.78, 5) is 25.8. The van der Waals surface area contributed by atoms with E-state index >= 15 is 0 Å². The summed E-state index contributed by atoms with van der Waals surface area (Å²) in [7, 11) is 1.67. The normalized spacial score (nSPS) is 11.7. The Hall–Kier alpha value is -3.75. The number of carbonyl (C=O) groups is 2. The summed E-state index contributed by atoms with van der Waals surface area (Å²) in [6.07, 6.45) is -0.417. The lowest BCUT2D eigenvalue weighted by atomic mass is 9.97. The molecule has 0 unspecified atom stereocenters. The van der Waals surface area contributed by atoms with Gasteiger partial charge in [0.2, 0.25) is 0 Å². The van der Waals surface area contributed by atoms with Gasteiger partial charge in [0.15, 0.2) is 5.82 Å². The summed E-state index contributed by atoms with van der Waals surface area (Å²) in [6.45, 7) is 11.4. The molecule has 1 heterocycles. The van der Waals surface area contributed by atoms with E-state index in [1.54, 1.807) is 44.6 Å². The van der Waals surface area contributed by atoms with Gasteiger partial charge in [0, 0.05) is 18.3 Å². The fraction of sp³-hybridized carbons (Fsp3) is 0.400. The van der Waals surface area contributed by atoms with Crippen LogP contribution < -0.4 is 9.64 Å². The standard InChI is InChI=1S/C25H31N5O4/c1-24(2,3)22(31)33-20-14-10-18(11-15-20)21-26-27-28-30(21)16-17-8-12-19(13-9-17)29(7)23(32)34-25(4,5)6/h8-15H,16H2,1-7H3. The van der Waals surface area contributed by atoms with E-state index in [0.717, 1.165) is 16.8 Å². The van der Waals surface area contributed by atoms with Crippen molar-refractivity contribution < 1.29 is 19.1 Å². The summed E-state index contributed by atoms with van der Waals surface area (Å²) in [5.74, 6) is 0.752. The van der Waals surface area contributed by atoms with Crippen molar-refractivity contribution in [3.8, 4) is 17.1 Å². The molecule has 3 rings (SSSR count). The van der Waals surface area contributed by atoms with Gasteiger partial charge in [0.25, 0.3) is 0 Å². The number of benzene rings is 2. The van der Waals surface area contributed by atoms with Crippen LogP contribution in [0.2, 0.25) is 0 Å². The Kier molecular flexibility index (Phi) is 7.04. The maximum absolute atomic E-state index is 12.3. The number of amides is 1. The van der Waals surface area contributed by atoms with Gasteiger partial charge in [0.1, 0.15) is 11.4 Å². The molecule has 0 aliphatic rings. The molecule has 0 aliphatic carbocycles. The van der Waals surface area contributed by atoms with E-state index in [9.17, 15) is 9.59 Å². The van der Waals surface area contributed by atoms with E-state index in [4.69, 9.17) is 9.47 Å². The fourth-order valence-corrected chi connectivity index (χ4v) is 2.88. The Labute approximate surface area is 199 Å². The van der Waals surface area contributed by atoms with Crippen molar-refractivity contribution in [2.45, 2.75) is 53.7 Å². The predicted octanol–water partition coefficient (Wildman–Crippen LogP) is 4.71. The van der Waals surface area contributed by atoms with Crippen molar-refractivity contribution in [3.05, 3.63) is 54.1 Å². The van der Waals surface area contributed by atoms with Crippen LogP contribution >= 0.6 is 0 Å². The van der Waals surface area contributed by atoms with E-state index < -0.39 is 17.1 Å². The van der Waals surface area contributed by atoms with Crippen molar-refractivity contribution in [1.29, 1.82) is 0 Å². The molecule has 0 aliphatic heterocycles. The van der Waals surface area contributed by atoms with Crippen LogP contribution in [-0.4, -0.2) is 44.9 Å². The third kappa shape index (κ3) is 6.40. The summed E-state index contributed by atoms with van der Waals surface area (Å²) < 4.78 is 12.5. The van der Waals surface area contributed by atoms with Gasteiger partial charge in [-0.25, -0.2) is 9.48 Å². The number of carbonyl (C=O) groups excluding carboxylic acids is 2. The van der Waals surface area contributed by atoms with Crippen LogP contribution in [-0.2, 0) is 16.1 Å². The van der Waals surface area contributed by atoms with Gasteiger partial charge in [-0.15, -0.1) is 5.10 Å². The number of esters is 1. The first kappa shape index (κ1) is 24.9. The molecule has 34 heavy (non-hydrogen) atoms. The number of ether oxygens (including phenoxy) is 2. The molecule has 0 fully saturated rings. The van der Waals surface area contributed by atoms with E-state index in [2.05, 4.69) is 15.5 Å². The first-order chi connectivity index (χ1) is 15.8. The van der Waals surface area contributed by atoms with Crippen molar-refractivity contribution in [3.63, 3.8) is 0 Å². The Morgan fingerprint density at radius 1 is 0.941 bits per heavy atom. The molecule has 0 radical (unpaired) electrons. The SMILES string of the molecule is CN(C(=O)OC(C)(C)C)c1ccc(Cn2nnnc2-c2ccc(OC(=O)C(C)(C)C)cc2)cc1. The number of hydrogen-bond acceptors (Lipinski definition) is 7. The lowest BCUT2D eigenvalue weighted by Crippen LogP contribution is -2.34. The van der Waals surface area contributed by atoms with E-state index in [-0.39, 0.29) is 5.97 Å². The first-order valence-electron chi connectivity index (χ1n) is 11.0. The highest BCUT2D eigenvalue weighted by Gasteiger charge is 2.24. The number of aromatic nitrogens is 4. The van der Waals surface area contributed by atoms with Crippen LogP contribution in [0, 0.1) is 5.41 Å². The summed E-state index contributed by atoms with van der Waals surface area (Å²) >= 11 is 0. The summed E-state index contributed by atoms with van der Waals surface area (Å²) in [5, 5.41) is 12.1. The maximum Gasteiger partial charge on any atom is 0.414 e. The molecule has 9 nitrogen and oxygen atoms in total. The Morgan fingerprint density at radius 2 is 1.56 bits per heavy atom. The molecule has 1 amide bonds. The lowest BCUT2D eigenvalue weighted by molar-refractivity contribution is -0.143. The Balaban J connectivity index is 1.69. The largest absolute Gasteiger partial charge is 0.443 e. The van der Waals surface area contributed by atoms with Crippen LogP contribution in [0.1, 0.15) is 47.1 Å². The average molecular weight is 466 g/mol. The summed E-state index contributed by atoms with van der Waals surface area (Å²) in [5.41, 5.74) is 1.33. The minimum absolute atomic E-state index is 0.300. The molecular formula is C25H31N5O4. The van der Waals surface area contributed by atoms with Crippen molar-refractivity contribution >= 4 is 17.7 Å². The van der Waals surface area contributed by atoms with Gasteiger partial charge in [-0.05, 0) is 93.9 Å². The van der Waals surface area contributed by atoms with Gasteiger partial charge < -0.3 is 9.47 Å². The Bertz CT molecular complexity index is 1140. The summed E-state index contributed by atoms with van der Waals surface area (Å²) in [6, 6.07) is 14.6. The van der Waals surface area contributed by atoms with Crippen LogP contribution in [0.5, 0.6) is 5.75 Å². The molecule has 0 N–H and O–H groups in total. The minimum atomic E-state index is -0.583. The van der Waals surface area contributed by atoms with Crippen molar-refractivity contribution in [2.75, 3.05) is 11.9 Å². The number of anilines is 1. The molecule has 0 bridgehead atoms. The molecule has 1 aromatic heterocycles. The van der Waals surface area contributed by atoms with Crippen LogP contribution in [0.15, 0.2) is 48.5 Å². The van der Waals surface area contributed by atoms with Gasteiger partial charge >= 0.3 is 12.1 Å². The molecular weight excluding hydrogens is 434 g/mol. The number of rotatable bonds is 5. The molecule has 9 heteroatoms. The van der Waals surface area contributed by atoms with E-state index in [0.29, 0.717) is 18.1 Å². The third-order valence-electron chi connectivity index (χ3n) is 4.79. The Morgan fingerprint density at radius 3 is 2.12 bits per heavy atom. The second-order valence-corrected chi connectivity index (χ2v) is 10.0. The van der Waals surface area contributed by atoms with Crippen LogP contribution in [0.4, 0.5) is 10.5 Å². The monoisotopic (exact) mass is 465 g/mol. The number of hydrogen-bond donors (Lipinski definition) is 0. The zero-order chi connectivity index (χ0) is 25.1. The topological polar surface area (TPSA) is 99.4 Å². The first-order valence-corrected chi connectivity index (χ1v) is 11.0. The highest BCUT2D eigenvalue weighted by Crippen LogP contribution is 2.24. The zero-order valence-electron chi connectivity index (χ0n) is 20.7. The molecule has 3 aromatic rings. The maximum atomic E-state index is 12.3.